The molecule has 2 heterocycles. The molecule has 0 aliphatic carbocycles. The first-order valence-corrected chi connectivity index (χ1v) is 12.6. The van der Waals surface area contributed by atoms with Gasteiger partial charge in [0.25, 0.3) is 11.8 Å². The Morgan fingerprint density at radius 1 is 1.08 bits per heavy atom. The zero-order valence-electron chi connectivity index (χ0n) is 21.3. The van der Waals surface area contributed by atoms with Crippen LogP contribution in [0.3, 0.4) is 0 Å². The summed E-state index contributed by atoms with van der Waals surface area (Å²) in [6.45, 7) is 3.95. The fraction of sp³-hybridized carbons (Fsp3) is 0.464. The first kappa shape index (κ1) is 25.8. The Kier molecular flexibility index (Phi) is 7.73. The van der Waals surface area contributed by atoms with Crippen LogP contribution in [-0.2, 0) is 11.2 Å². The third kappa shape index (κ3) is 5.14. The van der Waals surface area contributed by atoms with Gasteiger partial charge in [-0.15, -0.1) is 0 Å². The Bertz CT molecular complexity index is 1130. The molecule has 1 atom stereocenters. The molecule has 2 aromatic carbocycles. The molecular formula is C28H35FN4O3. The molecule has 0 aromatic heterocycles. The highest BCUT2D eigenvalue weighted by Gasteiger charge is 2.56. The number of nitrogens with one attached hydrogen (secondary N) is 1. The Morgan fingerprint density at radius 3 is 2.42 bits per heavy atom. The quantitative estimate of drug-likeness (QED) is 0.571. The molecule has 0 spiro atoms. The number of carbonyl (C=O) groups excluding carboxylic acids is 3. The van der Waals surface area contributed by atoms with E-state index in [0.29, 0.717) is 45.3 Å². The number of halogens is 1. The first-order chi connectivity index (χ1) is 17.2. The third-order valence-corrected chi connectivity index (χ3v) is 7.50. The molecule has 1 N–H and O–H groups in total. The maximum absolute atomic E-state index is 14.2. The molecule has 4 amide bonds. The molecule has 2 aromatic rings. The van der Waals surface area contributed by atoms with Crippen molar-refractivity contribution < 1.29 is 18.8 Å². The van der Waals surface area contributed by atoms with Gasteiger partial charge in [-0.25, -0.2) is 9.18 Å². The number of rotatable bonds is 8. The summed E-state index contributed by atoms with van der Waals surface area (Å²) in [6, 6.07) is 13.6. The van der Waals surface area contributed by atoms with E-state index in [4.69, 9.17) is 0 Å². The Morgan fingerprint density at radius 2 is 1.75 bits per heavy atom. The fourth-order valence-corrected chi connectivity index (χ4v) is 5.42. The number of likely N-dealkylation sites (tertiary alicyclic amines) is 1. The smallest absolute Gasteiger partial charge is 0.325 e. The van der Waals surface area contributed by atoms with Crippen molar-refractivity contribution in [2.75, 3.05) is 40.3 Å². The molecule has 36 heavy (non-hydrogen) atoms. The van der Waals surface area contributed by atoms with E-state index in [9.17, 15) is 18.8 Å². The van der Waals surface area contributed by atoms with E-state index < -0.39 is 11.4 Å². The van der Waals surface area contributed by atoms with Gasteiger partial charge < -0.3 is 15.1 Å². The zero-order valence-corrected chi connectivity index (χ0v) is 21.3. The molecule has 2 aliphatic rings. The largest absolute Gasteiger partial charge is 0.339 e. The molecule has 7 nitrogen and oxygen atoms in total. The van der Waals surface area contributed by atoms with Crippen molar-refractivity contribution in [3.05, 3.63) is 71.0 Å². The predicted octanol–water partition coefficient (Wildman–Crippen LogP) is 3.47. The molecule has 0 bridgehead atoms. The lowest BCUT2D eigenvalue weighted by Crippen LogP contribution is -2.58. The van der Waals surface area contributed by atoms with Gasteiger partial charge in [-0.3, -0.25) is 14.5 Å². The SMILES string of the molecule is Cc1ccccc1CC1(C2CCN(C(=O)c3ccccc3F)CC2)NC(=O)N(CCCN(C)C)C1=O. The van der Waals surface area contributed by atoms with Crippen molar-refractivity contribution in [3.8, 4) is 0 Å². The lowest BCUT2D eigenvalue weighted by atomic mass is 9.73. The number of aryl methyl sites for hydroxylation is 1. The summed E-state index contributed by atoms with van der Waals surface area (Å²) >= 11 is 0. The maximum atomic E-state index is 14.2. The Balaban J connectivity index is 1.56. The molecule has 2 fully saturated rings. The van der Waals surface area contributed by atoms with Gasteiger partial charge >= 0.3 is 6.03 Å². The van der Waals surface area contributed by atoms with Gasteiger partial charge in [0.1, 0.15) is 11.4 Å². The summed E-state index contributed by atoms with van der Waals surface area (Å²) in [5.74, 6) is -1.20. The van der Waals surface area contributed by atoms with Crippen LogP contribution in [0, 0.1) is 18.7 Å². The van der Waals surface area contributed by atoms with Gasteiger partial charge in [0, 0.05) is 26.1 Å². The van der Waals surface area contributed by atoms with E-state index in [0.717, 1.165) is 17.7 Å². The van der Waals surface area contributed by atoms with E-state index >= 15 is 0 Å². The molecule has 192 valence electrons. The number of hydrogen-bond acceptors (Lipinski definition) is 4. The molecule has 2 aliphatic heterocycles. The summed E-state index contributed by atoms with van der Waals surface area (Å²) in [4.78, 5) is 44.9. The number of carbonyl (C=O) groups is 3. The summed E-state index contributed by atoms with van der Waals surface area (Å²) in [5.41, 5.74) is 1.08. The van der Waals surface area contributed by atoms with Crippen LogP contribution in [0.2, 0.25) is 0 Å². The van der Waals surface area contributed by atoms with E-state index in [-0.39, 0.29) is 29.3 Å². The van der Waals surface area contributed by atoms with Gasteiger partial charge in [0.2, 0.25) is 0 Å². The van der Waals surface area contributed by atoms with Crippen LogP contribution < -0.4 is 5.32 Å². The highest BCUT2D eigenvalue weighted by Crippen LogP contribution is 2.37. The average molecular weight is 495 g/mol. The van der Waals surface area contributed by atoms with E-state index in [1.54, 1.807) is 17.0 Å². The van der Waals surface area contributed by atoms with Crippen LogP contribution in [0.15, 0.2) is 48.5 Å². The molecule has 0 radical (unpaired) electrons. The minimum absolute atomic E-state index is 0.0582. The van der Waals surface area contributed by atoms with Crippen LogP contribution in [-0.4, -0.2) is 78.4 Å². The molecular weight excluding hydrogens is 459 g/mol. The van der Waals surface area contributed by atoms with Crippen LogP contribution in [0.1, 0.15) is 40.7 Å². The van der Waals surface area contributed by atoms with Gasteiger partial charge in [0.05, 0.1) is 5.56 Å². The predicted molar refractivity (Wildman–Crippen MR) is 136 cm³/mol. The maximum Gasteiger partial charge on any atom is 0.325 e. The summed E-state index contributed by atoms with van der Waals surface area (Å²) in [6.07, 6.45) is 2.19. The number of amides is 4. The second-order valence-electron chi connectivity index (χ2n) is 10.2. The normalized spacial score (nSPS) is 20.8. The number of piperidine rings is 1. The summed E-state index contributed by atoms with van der Waals surface area (Å²) in [5, 5.41) is 3.10. The topological polar surface area (TPSA) is 73.0 Å². The number of hydrogen-bond donors (Lipinski definition) is 1. The van der Waals surface area contributed by atoms with Crippen molar-refractivity contribution in [3.63, 3.8) is 0 Å². The second-order valence-corrected chi connectivity index (χ2v) is 10.2. The number of nitrogens with zero attached hydrogens (tertiary/aromatic N) is 3. The standard InChI is InChI=1S/C28H35FN4O3/c1-20-9-4-5-10-21(20)19-28(26(35)33(27(36)30-28)16-8-15-31(2)3)22-13-17-32(18-14-22)25(34)23-11-6-7-12-24(23)29/h4-7,9-12,22H,8,13-19H2,1-3H3,(H,30,36). The first-order valence-electron chi connectivity index (χ1n) is 12.6. The fourth-order valence-electron chi connectivity index (χ4n) is 5.42. The number of urea groups is 1. The average Bonchev–Trinajstić information content (AvgIpc) is 3.10. The minimum Gasteiger partial charge on any atom is -0.339 e. The molecule has 8 heteroatoms. The van der Waals surface area contributed by atoms with Crippen molar-refractivity contribution >= 4 is 17.8 Å². The zero-order chi connectivity index (χ0) is 25.9. The highest BCUT2D eigenvalue weighted by atomic mass is 19.1. The van der Waals surface area contributed by atoms with Gasteiger partial charge in [-0.1, -0.05) is 36.4 Å². The minimum atomic E-state index is -1.06. The summed E-state index contributed by atoms with van der Waals surface area (Å²) < 4.78 is 14.2. The van der Waals surface area contributed by atoms with E-state index in [1.165, 1.54) is 17.0 Å². The Labute approximate surface area is 212 Å². The number of imide groups is 1. The van der Waals surface area contributed by atoms with Crippen molar-refractivity contribution in [1.29, 1.82) is 0 Å². The van der Waals surface area contributed by atoms with Crippen LogP contribution >= 0.6 is 0 Å². The monoisotopic (exact) mass is 494 g/mol. The van der Waals surface area contributed by atoms with Crippen molar-refractivity contribution in [2.24, 2.45) is 5.92 Å². The highest BCUT2D eigenvalue weighted by molar-refractivity contribution is 6.07. The molecule has 4 rings (SSSR count). The van der Waals surface area contributed by atoms with Crippen molar-refractivity contribution in [2.45, 2.75) is 38.1 Å². The molecule has 0 saturated carbocycles. The van der Waals surface area contributed by atoms with Gasteiger partial charge in [-0.2, -0.15) is 0 Å². The van der Waals surface area contributed by atoms with E-state index in [1.807, 2.05) is 50.2 Å². The van der Waals surface area contributed by atoms with Crippen molar-refractivity contribution in [1.82, 2.24) is 20.0 Å². The lowest BCUT2D eigenvalue weighted by Gasteiger charge is -2.41. The Hall–Kier alpha value is -3.26. The van der Waals surface area contributed by atoms with Crippen LogP contribution in [0.5, 0.6) is 0 Å². The summed E-state index contributed by atoms with van der Waals surface area (Å²) in [7, 11) is 3.93. The van der Waals surface area contributed by atoms with Crippen LogP contribution in [0.25, 0.3) is 0 Å². The molecule has 2 saturated heterocycles. The van der Waals surface area contributed by atoms with E-state index in [2.05, 4.69) is 5.32 Å². The molecule has 1 unspecified atom stereocenters. The van der Waals surface area contributed by atoms with Crippen LogP contribution in [0.4, 0.5) is 9.18 Å². The third-order valence-electron chi connectivity index (χ3n) is 7.50. The second kappa shape index (κ2) is 10.8. The number of benzene rings is 2. The lowest BCUT2D eigenvalue weighted by molar-refractivity contribution is -0.134. The van der Waals surface area contributed by atoms with Gasteiger partial charge in [0.15, 0.2) is 0 Å². The van der Waals surface area contributed by atoms with Gasteiger partial charge in [-0.05, 0) is 76.0 Å².